The first kappa shape index (κ1) is 20.1. The Morgan fingerprint density at radius 1 is 1.00 bits per heavy atom. The summed E-state index contributed by atoms with van der Waals surface area (Å²) in [6.45, 7) is 0. The van der Waals surface area contributed by atoms with E-state index in [-0.39, 0.29) is 12.1 Å². The number of ether oxygens (including phenoxy) is 1. The number of benzene rings is 2. The highest BCUT2D eigenvalue weighted by molar-refractivity contribution is 7.92. The molecule has 148 valence electrons. The van der Waals surface area contributed by atoms with E-state index in [2.05, 4.69) is 10.0 Å². The van der Waals surface area contributed by atoms with Crippen LogP contribution < -0.4 is 10.0 Å². The molecular weight excluding hydrogens is 376 g/mol. The second kappa shape index (κ2) is 9.52. The van der Waals surface area contributed by atoms with Crippen molar-refractivity contribution in [3.63, 3.8) is 0 Å². The third-order valence-electron chi connectivity index (χ3n) is 4.49. The number of hydrogen-bond donors (Lipinski definition) is 2. The van der Waals surface area contributed by atoms with Gasteiger partial charge in [-0.3, -0.25) is 5.32 Å². The maximum atomic E-state index is 12.3. The minimum atomic E-state index is -3.57. The highest BCUT2D eigenvalue weighted by Crippen LogP contribution is 2.22. The predicted molar refractivity (Wildman–Crippen MR) is 110 cm³/mol. The molecule has 28 heavy (non-hydrogen) atoms. The molecule has 2 atom stereocenters. The summed E-state index contributed by atoms with van der Waals surface area (Å²) in [5, 5.41) is 3.86. The number of para-hydroxylation sites is 1. The number of amides is 1. The van der Waals surface area contributed by atoms with Crippen LogP contribution in [0.3, 0.4) is 0 Å². The molecule has 6 nitrogen and oxygen atoms in total. The van der Waals surface area contributed by atoms with Crippen molar-refractivity contribution in [1.29, 1.82) is 0 Å². The van der Waals surface area contributed by atoms with E-state index in [0.29, 0.717) is 12.1 Å². The average molecular weight is 401 g/mol. The van der Waals surface area contributed by atoms with Crippen molar-refractivity contribution < 1.29 is 17.9 Å². The first-order valence-corrected chi connectivity index (χ1v) is 10.8. The van der Waals surface area contributed by atoms with E-state index >= 15 is 0 Å². The van der Waals surface area contributed by atoms with Gasteiger partial charge >= 0.3 is 6.09 Å². The lowest BCUT2D eigenvalue weighted by Crippen LogP contribution is -2.40. The number of hydrogen-bond acceptors (Lipinski definition) is 4. The molecule has 0 heterocycles. The van der Waals surface area contributed by atoms with Crippen LogP contribution in [0.1, 0.15) is 31.2 Å². The largest absolute Gasteiger partial charge is 0.446 e. The SMILES string of the molecule is O=C(Nc1ccccc1)O[C@@H]1CCC[C@H](NS(=O)(=O)/C=C/c2ccccc2)C1. The highest BCUT2D eigenvalue weighted by atomic mass is 32.2. The Labute approximate surface area is 165 Å². The summed E-state index contributed by atoms with van der Waals surface area (Å²) in [6, 6.07) is 18.1. The maximum absolute atomic E-state index is 12.3. The van der Waals surface area contributed by atoms with Crippen LogP contribution in [0.5, 0.6) is 0 Å². The van der Waals surface area contributed by atoms with Gasteiger partial charge in [-0.1, -0.05) is 48.5 Å². The molecule has 1 amide bonds. The Balaban J connectivity index is 1.51. The zero-order valence-corrected chi connectivity index (χ0v) is 16.3. The third-order valence-corrected chi connectivity index (χ3v) is 5.65. The Bertz CT molecular complexity index is 899. The van der Waals surface area contributed by atoms with E-state index in [9.17, 15) is 13.2 Å². The van der Waals surface area contributed by atoms with E-state index in [0.717, 1.165) is 24.8 Å². The van der Waals surface area contributed by atoms with Gasteiger partial charge < -0.3 is 4.74 Å². The van der Waals surface area contributed by atoms with E-state index in [4.69, 9.17) is 4.74 Å². The first-order chi connectivity index (χ1) is 13.5. The standard InChI is InChI=1S/C21H24N2O4S/c24-21(22-18-10-5-2-6-11-18)27-20-13-7-12-19(16-20)23-28(25,26)15-14-17-8-3-1-4-9-17/h1-6,8-11,14-15,19-20,23H,7,12-13,16H2,(H,22,24)/b15-14+/t19-,20+/m0/s1. The van der Waals surface area contributed by atoms with Crippen molar-refractivity contribution in [3.8, 4) is 0 Å². The molecule has 1 aliphatic carbocycles. The zero-order valence-electron chi connectivity index (χ0n) is 15.5. The smallest absolute Gasteiger partial charge is 0.411 e. The normalized spacial score (nSPS) is 20.0. The van der Waals surface area contributed by atoms with Crippen molar-refractivity contribution in [1.82, 2.24) is 4.72 Å². The van der Waals surface area contributed by atoms with Crippen LogP contribution in [0.4, 0.5) is 10.5 Å². The molecule has 1 fully saturated rings. The molecule has 0 aliphatic heterocycles. The van der Waals surface area contributed by atoms with E-state index in [1.807, 2.05) is 48.5 Å². The van der Waals surface area contributed by atoms with Crippen molar-refractivity contribution in [2.24, 2.45) is 0 Å². The monoisotopic (exact) mass is 400 g/mol. The van der Waals surface area contributed by atoms with Crippen molar-refractivity contribution in [2.75, 3.05) is 5.32 Å². The lowest BCUT2D eigenvalue weighted by molar-refractivity contribution is 0.0793. The second-order valence-corrected chi connectivity index (χ2v) is 8.36. The van der Waals surface area contributed by atoms with Crippen LogP contribution >= 0.6 is 0 Å². The second-order valence-electron chi connectivity index (χ2n) is 6.76. The summed E-state index contributed by atoms with van der Waals surface area (Å²) in [5.41, 5.74) is 1.47. The molecule has 3 rings (SSSR count). The Morgan fingerprint density at radius 3 is 2.39 bits per heavy atom. The number of nitrogens with one attached hydrogen (secondary N) is 2. The van der Waals surface area contributed by atoms with Crippen molar-refractivity contribution >= 4 is 27.9 Å². The quantitative estimate of drug-likeness (QED) is 0.763. The Kier molecular flexibility index (Phi) is 6.84. The number of sulfonamides is 1. The van der Waals surface area contributed by atoms with Crippen LogP contribution in [-0.4, -0.2) is 26.7 Å². The molecular formula is C21H24N2O4S. The molecule has 2 aromatic rings. The fourth-order valence-corrected chi connectivity index (χ4v) is 4.28. The van der Waals surface area contributed by atoms with E-state index in [1.165, 1.54) is 5.41 Å². The van der Waals surface area contributed by atoms with E-state index in [1.54, 1.807) is 18.2 Å². The van der Waals surface area contributed by atoms with Gasteiger partial charge in [0.1, 0.15) is 6.10 Å². The Morgan fingerprint density at radius 2 is 1.68 bits per heavy atom. The van der Waals surface area contributed by atoms with Crippen LogP contribution in [0, 0.1) is 0 Å². The highest BCUT2D eigenvalue weighted by Gasteiger charge is 2.27. The third kappa shape index (κ3) is 6.51. The van der Waals surface area contributed by atoms with Gasteiger partial charge in [0.15, 0.2) is 0 Å². The minimum absolute atomic E-state index is 0.256. The number of carbonyl (C=O) groups excluding carboxylic acids is 1. The van der Waals surface area contributed by atoms with Crippen LogP contribution in [-0.2, 0) is 14.8 Å². The molecule has 1 aliphatic rings. The summed E-state index contributed by atoms with van der Waals surface area (Å²) in [7, 11) is -3.57. The molecule has 0 spiro atoms. The maximum Gasteiger partial charge on any atom is 0.411 e. The van der Waals surface area contributed by atoms with E-state index < -0.39 is 16.1 Å². The predicted octanol–water partition coefficient (Wildman–Crippen LogP) is 4.14. The molecule has 7 heteroatoms. The lowest BCUT2D eigenvalue weighted by atomic mass is 9.94. The molecule has 0 aromatic heterocycles. The topological polar surface area (TPSA) is 84.5 Å². The molecule has 2 N–H and O–H groups in total. The van der Waals surface area contributed by atoms with Gasteiger partial charge in [-0.15, -0.1) is 0 Å². The Hall–Kier alpha value is -2.64. The summed E-state index contributed by atoms with van der Waals surface area (Å²) < 4.78 is 32.8. The fraction of sp³-hybridized carbons (Fsp3) is 0.286. The molecule has 0 saturated heterocycles. The van der Waals surface area contributed by atoms with Gasteiger partial charge in [0.25, 0.3) is 0 Å². The van der Waals surface area contributed by atoms with Crippen molar-refractivity contribution in [3.05, 3.63) is 71.6 Å². The molecule has 0 radical (unpaired) electrons. The molecule has 0 bridgehead atoms. The summed E-state index contributed by atoms with van der Waals surface area (Å²) in [4.78, 5) is 12.0. The van der Waals surface area contributed by atoms with Gasteiger partial charge in [-0.2, -0.15) is 0 Å². The van der Waals surface area contributed by atoms with Crippen molar-refractivity contribution in [2.45, 2.75) is 37.8 Å². The number of anilines is 1. The first-order valence-electron chi connectivity index (χ1n) is 9.28. The minimum Gasteiger partial charge on any atom is -0.446 e. The van der Waals surface area contributed by atoms with Gasteiger partial charge in [0, 0.05) is 23.6 Å². The molecule has 1 saturated carbocycles. The fourth-order valence-electron chi connectivity index (χ4n) is 3.18. The van der Waals surface area contributed by atoms with Crippen LogP contribution in [0.2, 0.25) is 0 Å². The summed E-state index contributed by atoms with van der Waals surface area (Å²) in [6.07, 6.45) is 3.41. The lowest BCUT2D eigenvalue weighted by Gasteiger charge is -2.29. The summed E-state index contributed by atoms with van der Waals surface area (Å²) in [5.74, 6) is 0. The van der Waals surface area contributed by atoms with Gasteiger partial charge in [0.05, 0.1) is 0 Å². The van der Waals surface area contributed by atoms with Gasteiger partial charge in [0.2, 0.25) is 10.0 Å². The summed E-state index contributed by atoms with van der Waals surface area (Å²) >= 11 is 0. The van der Waals surface area contributed by atoms with Gasteiger partial charge in [-0.05, 0) is 43.0 Å². The number of rotatable bonds is 6. The number of carbonyl (C=O) groups is 1. The van der Waals surface area contributed by atoms with Crippen LogP contribution in [0.15, 0.2) is 66.1 Å². The molecule has 0 unspecified atom stereocenters. The zero-order chi connectivity index (χ0) is 19.8. The molecule has 2 aromatic carbocycles. The average Bonchev–Trinajstić information content (AvgIpc) is 2.68. The van der Waals surface area contributed by atoms with Crippen LogP contribution in [0.25, 0.3) is 6.08 Å². The van der Waals surface area contributed by atoms with Gasteiger partial charge in [-0.25, -0.2) is 17.9 Å².